The van der Waals surface area contributed by atoms with E-state index in [2.05, 4.69) is 6.92 Å². The zero-order valence-corrected chi connectivity index (χ0v) is 14.2. The number of aryl methyl sites for hydroxylation is 1. The normalized spacial score (nSPS) is 14.6. The van der Waals surface area contributed by atoms with Gasteiger partial charge in [0.15, 0.2) is 5.76 Å². The van der Waals surface area contributed by atoms with Gasteiger partial charge in [-0.3, -0.25) is 4.79 Å². The molecule has 2 aromatic carbocycles. The molecule has 0 saturated heterocycles. The minimum atomic E-state index is -0.0615. The molecule has 0 saturated carbocycles. The van der Waals surface area contributed by atoms with E-state index in [0.29, 0.717) is 17.1 Å². The van der Waals surface area contributed by atoms with Crippen LogP contribution in [0.5, 0.6) is 11.5 Å². The first-order chi connectivity index (χ1) is 11.7. The molecule has 0 atom stereocenters. The molecule has 0 aromatic heterocycles. The Labute approximate surface area is 142 Å². The number of hydrogen-bond acceptors (Lipinski definition) is 3. The van der Waals surface area contributed by atoms with Gasteiger partial charge in [0.25, 0.3) is 0 Å². The zero-order valence-electron chi connectivity index (χ0n) is 14.2. The number of ketones is 1. The van der Waals surface area contributed by atoms with E-state index in [1.165, 1.54) is 12.8 Å². The Kier molecular flexibility index (Phi) is 4.99. The van der Waals surface area contributed by atoms with Gasteiger partial charge in [0, 0.05) is 0 Å². The minimum Gasteiger partial charge on any atom is -0.494 e. The fraction of sp³-hybridized carbons (Fsp3) is 0.286. The smallest absolute Gasteiger partial charge is 0.231 e. The van der Waals surface area contributed by atoms with Gasteiger partial charge in [0.2, 0.25) is 5.78 Å². The number of rotatable bonds is 6. The number of hydrogen-bond donors (Lipinski definition) is 0. The summed E-state index contributed by atoms with van der Waals surface area (Å²) in [5.74, 6) is 1.79. The third-order valence-electron chi connectivity index (χ3n) is 4.02. The van der Waals surface area contributed by atoms with Crippen LogP contribution in [0, 0.1) is 6.92 Å². The first-order valence-electron chi connectivity index (χ1n) is 8.45. The maximum absolute atomic E-state index is 12.4. The minimum absolute atomic E-state index is 0.0615. The van der Waals surface area contributed by atoms with E-state index in [4.69, 9.17) is 9.47 Å². The zero-order chi connectivity index (χ0) is 16.9. The highest BCUT2D eigenvalue weighted by Gasteiger charge is 2.27. The number of fused-ring (bicyclic) bond motifs is 1. The molecular formula is C21H22O3. The summed E-state index contributed by atoms with van der Waals surface area (Å²) >= 11 is 0. The van der Waals surface area contributed by atoms with Crippen molar-refractivity contribution in [1.29, 1.82) is 0 Å². The van der Waals surface area contributed by atoms with Crippen molar-refractivity contribution in [3.8, 4) is 11.5 Å². The molecule has 3 rings (SSSR count). The van der Waals surface area contributed by atoms with Crippen molar-refractivity contribution in [2.75, 3.05) is 6.61 Å². The monoisotopic (exact) mass is 322 g/mol. The van der Waals surface area contributed by atoms with Gasteiger partial charge in [0.1, 0.15) is 11.5 Å². The van der Waals surface area contributed by atoms with E-state index >= 15 is 0 Å². The van der Waals surface area contributed by atoms with E-state index < -0.39 is 0 Å². The summed E-state index contributed by atoms with van der Waals surface area (Å²) in [6.07, 6.45) is 5.22. The predicted octanol–water partition coefficient (Wildman–Crippen LogP) is 5.18. The van der Waals surface area contributed by atoms with E-state index in [9.17, 15) is 4.79 Å². The Balaban J connectivity index is 1.68. The van der Waals surface area contributed by atoms with Crippen molar-refractivity contribution in [3.05, 3.63) is 64.9 Å². The maximum atomic E-state index is 12.4. The Morgan fingerprint density at radius 3 is 2.62 bits per heavy atom. The summed E-state index contributed by atoms with van der Waals surface area (Å²) < 4.78 is 11.4. The second-order valence-corrected chi connectivity index (χ2v) is 6.06. The van der Waals surface area contributed by atoms with Crippen LogP contribution in [-0.4, -0.2) is 12.4 Å². The molecule has 24 heavy (non-hydrogen) atoms. The molecule has 1 aliphatic heterocycles. The third-order valence-corrected chi connectivity index (χ3v) is 4.02. The SMILES string of the molecule is CCCCCOc1ccc(/C=C2\Oc3ccc(C)cc3C2=O)cc1. The average Bonchev–Trinajstić information content (AvgIpc) is 2.89. The van der Waals surface area contributed by atoms with Gasteiger partial charge in [-0.05, 0) is 49.2 Å². The average molecular weight is 322 g/mol. The highest BCUT2D eigenvalue weighted by molar-refractivity contribution is 6.14. The number of unbranched alkanes of at least 4 members (excludes halogenated alkanes) is 2. The van der Waals surface area contributed by atoms with E-state index in [0.717, 1.165) is 29.9 Å². The molecule has 0 N–H and O–H groups in total. The number of benzene rings is 2. The van der Waals surface area contributed by atoms with Crippen LogP contribution in [0.2, 0.25) is 0 Å². The highest BCUT2D eigenvalue weighted by atomic mass is 16.5. The molecule has 0 bridgehead atoms. The van der Waals surface area contributed by atoms with Crippen LogP contribution in [0.4, 0.5) is 0 Å². The summed E-state index contributed by atoms with van der Waals surface area (Å²) in [5, 5.41) is 0. The van der Waals surface area contributed by atoms with Crippen molar-refractivity contribution in [2.45, 2.75) is 33.1 Å². The largest absolute Gasteiger partial charge is 0.494 e. The molecule has 0 radical (unpaired) electrons. The van der Waals surface area contributed by atoms with E-state index in [-0.39, 0.29) is 5.78 Å². The molecule has 2 aromatic rings. The van der Waals surface area contributed by atoms with Crippen molar-refractivity contribution < 1.29 is 14.3 Å². The van der Waals surface area contributed by atoms with Crippen LogP contribution in [0.1, 0.15) is 47.7 Å². The Hall–Kier alpha value is -2.55. The molecule has 0 spiro atoms. The second-order valence-electron chi connectivity index (χ2n) is 6.06. The standard InChI is InChI=1S/C21H22O3/c1-3-4-5-12-23-17-9-7-16(8-10-17)14-20-21(22)18-13-15(2)6-11-19(18)24-20/h6-11,13-14H,3-5,12H2,1-2H3/b20-14-. The molecule has 0 amide bonds. The first kappa shape index (κ1) is 16.3. The van der Waals surface area contributed by atoms with Gasteiger partial charge in [0.05, 0.1) is 12.2 Å². The van der Waals surface area contributed by atoms with Gasteiger partial charge in [-0.1, -0.05) is 43.5 Å². The van der Waals surface area contributed by atoms with Crippen LogP contribution in [-0.2, 0) is 0 Å². The van der Waals surface area contributed by atoms with Gasteiger partial charge < -0.3 is 9.47 Å². The summed E-state index contributed by atoms with van der Waals surface area (Å²) in [5.41, 5.74) is 2.61. The molecule has 1 heterocycles. The molecule has 0 fully saturated rings. The summed E-state index contributed by atoms with van der Waals surface area (Å²) in [6, 6.07) is 13.4. The van der Waals surface area contributed by atoms with Crippen LogP contribution in [0.15, 0.2) is 48.2 Å². The Morgan fingerprint density at radius 1 is 1.08 bits per heavy atom. The van der Waals surface area contributed by atoms with Crippen LogP contribution < -0.4 is 9.47 Å². The summed E-state index contributed by atoms with van der Waals surface area (Å²) in [7, 11) is 0. The van der Waals surface area contributed by atoms with E-state index in [1.807, 2.05) is 49.4 Å². The van der Waals surface area contributed by atoms with Gasteiger partial charge in [-0.15, -0.1) is 0 Å². The van der Waals surface area contributed by atoms with Gasteiger partial charge >= 0.3 is 0 Å². The quantitative estimate of drug-likeness (QED) is 0.543. The Morgan fingerprint density at radius 2 is 1.88 bits per heavy atom. The lowest BCUT2D eigenvalue weighted by molar-refractivity contribution is 0.101. The number of ether oxygens (including phenoxy) is 2. The lowest BCUT2D eigenvalue weighted by atomic mass is 10.1. The molecule has 0 unspecified atom stereocenters. The molecule has 124 valence electrons. The maximum Gasteiger partial charge on any atom is 0.231 e. The van der Waals surface area contributed by atoms with Gasteiger partial charge in [-0.2, -0.15) is 0 Å². The number of Topliss-reactive ketones (excluding diaryl/α,β-unsaturated/α-hetero) is 1. The topological polar surface area (TPSA) is 35.5 Å². The van der Waals surface area contributed by atoms with Crippen molar-refractivity contribution in [3.63, 3.8) is 0 Å². The summed E-state index contributed by atoms with van der Waals surface area (Å²) in [4.78, 5) is 12.4. The van der Waals surface area contributed by atoms with Gasteiger partial charge in [-0.25, -0.2) is 0 Å². The summed E-state index contributed by atoms with van der Waals surface area (Å²) in [6.45, 7) is 4.88. The van der Waals surface area contributed by atoms with E-state index in [1.54, 1.807) is 6.08 Å². The third kappa shape index (κ3) is 3.67. The lowest BCUT2D eigenvalue weighted by Crippen LogP contribution is -1.98. The van der Waals surface area contributed by atoms with Crippen LogP contribution in [0.3, 0.4) is 0 Å². The molecular weight excluding hydrogens is 300 g/mol. The van der Waals surface area contributed by atoms with Crippen molar-refractivity contribution >= 4 is 11.9 Å². The number of allylic oxidation sites excluding steroid dienone is 1. The lowest BCUT2D eigenvalue weighted by Gasteiger charge is -2.06. The van der Waals surface area contributed by atoms with Crippen molar-refractivity contribution in [1.82, 2.24) is 0 Å². The fourth-order valence-electron chi connectivity index (χ4n) is 2.66. The van der Waals surface area contributed by atoms with Crippen LogP contribution in [0.25, 0.3) is 6.08 Å². The number of carbonyl (C=O) groups excluding carboxylic acids is 1. The molecule has 1 aliphatic rings. The molecule has 3 nitrogen and oxygen atoms in total. The van der Waals surface area contributed by atoms with Crippen LogP contribution >= 0.6 is 0 Å². The fourth-order valence-corrected chi connectivity index (χ4v) is 2.66. The highest BCUT2D eigenvalue weighted by Crippen LogP contribution is 2.32. The second kappa shape index (κ2) is 7.35. The Bertz CT molecular complexity index is 757. The molecule has 0 aliphatic carbocycles. The van der Waals surface area contributed by atoms with Crippen molar-refractivity contribution in [2.24, 2.45) is 0 Å². The number of carbonyl (C=O) groups is 1. The molecule has 3 heteroatoms. The predicted molar refractivity (Wildman–Crippen MR) is 95.6 cm³/mol. The first-order valence-corrected chi connectivity index (χ1v) is 8.45.